The summed E-state index contributed by atoms with van der Waals surface area (Å²) in [5.74, 6) is -2.21. The maximum absolute atomic E-state index is 13.3. The van der Waals surface area contributed by atoms with Crippen molar-refractivity contribution in [2.45, 2.75) is 5.54 Å². The number of Topliss-reactive ketones (excluding diaryl/α,β-unsaturated/α-hetero) is 2. The number of hydrogen-bond acceptors (Lipinski definition) is 7. The molecule has 0 aliphatic heterocycles. The maximum Gasteiger partial charge on any atom is 0.328 e. The van der Waals surface area contributed by atoms with Crippen molar-refractivity contribution >= 4 is 17.4 Å². The first-order valence-corrected chi connectivity index (χ1v) is 7.89. The number of aromatic amines is 2. The van der Waals surface area contributed by atoms with Crippen LogP contribution in [0.1, 0.15) is 26.3 Å². The number of nitrogens with one attached hydrogen (secondary N) is 3. The zero-order valence-corrected chi connectivity index (χ0v) is 13.6. The summed E-state index contributed by atoms with van der Waals surface area (Å²) in [6.45, 7) is 0. The standard InChI is InChI=1S/C18H12N4O5/c23-13-9-5-1-2-6-10(9)14(24)18(13,22-11-7-3-4-8-19-11)12-15(25)20-17(27)21-16(12)26/h1-8H,(H,19,22)(H3,20,21,25,26,27). The van der Waals surface area contributed by atoms with Crippen molar-refractivity contribution in [3.63, 3.8) is 0 Å². The minimum atomic E-state index is -2.26. The van der Waals surface area contributed by atoms with E-state index in [0.717, 1.165) is 0 Å². The molecule has 0 amide bonds. The van der Waals surface area contributed by atoms with E-state index >= 15 is 0 Å². The highest BCUT2D eigenvalue weighted by Crippen LogP contribution is 2.40. The Hall–Kier alpha value is -4.01. The molecule has 0 fully saturated rings. The third-order valence-corrected chi connectivity index (χ3v) is 4.38. The van der Waals surface area contributed by atoms with Crippen LogP contribution in [0.15, 0.2) is 58.3 Å². The number of nitrogens with zero attached hydrogens (tertiary/aromatic N) is 1. The van der Waals surface area contributed by atoms with Crippen LogP contribution in [-0.2, 0) is 5.54 Å². The lowest BCUT2D eigenvalue weighted by Gasteiger charge is -2.27. The Balaban J connectivity index is 2.05. The molecule has 0 saturated heterocycles. The number of H-pyrrole nitrogens is 2. The van der Waals surface area contributed by atoms with Crippen molar-refractivity contribution in [2.24, 2.45) is 0 Å². The average Bonchev–Trinajstić information content (AvgIpc) is 2.85. The third-order valence-electron chi connectivity index (χ3n) is 4.38. The van der Waals surface area contributed by atoms with Crippen molar-refractivity contribution in [1.29, 1.82) is 0 Å². The van der Waals surface area contributed by atoms with Crippen LogP contribution in [0, 0.1) is 0 Å². The number of anilines is 1. The molecule has 9 heteroatoms. The number of carbonyl (C=O) groups excluding carboxylic acids is 2. The summed E-state index contributed by atoms with van der Waals surface area (Å²) in [6.07, 6.45) is 1.43. The number of pyridine rings is 1. The van der Waals surface area contributed by atoms with Crippen LogP contribution in [0.25, 0.3) is 0 Å². The second kappa shape index (κ2) is 5.77. The second-order valence-electron chi connectivity index (χ2n) is 5.93. The molecule has 0 spiro atoms. The lowest BCUT2D eigenvalue weighted by molar-refractivity contribution is 0.0813. The van der Waals surface area contributed by atoms with E-state index in [-0.39, 0.29) is 16.9 Å². The fraction of sp³-hybridized carbons (Fsp3) is 0.0556. The van der Waals surface area contributed by atoms with Crippen LogP contribution in [0.3, 0.4) is 0 Å². The van der Waals surface area contributed by atoms with E-state index in [4.69, 9.17) is 0 Å². The van der Waals surface area contributed by atoms with Gasteiger partial charge in [-0.3, -0.25) is 24.4 Å². The molecule has 9 nitrogen and oxygen atoms in total. The third kappa shape index (κ3) is 2.29. The highest BCUT2D eigenvalue weighted by atomic mass is 16.3. The van der Waals surface area contributed by atoms with Gasteiger partial charge in [0.15, 0.2) is 0 Å². The smallest absolute Gasteiger partial charge is 0.328 e. The van der Waals surface area contributed by atoms with Crippen LogP contribution in [0.5, 0.6) is 5.88 Å². The van der Waals surface area contributed by atoms with Gasteiger partial charge in [0.1, 0.15) is 11.4 Å². The average molecular weight is 364 g/mol. The molecule has 0 unspecified atom stereocenters. The Morgan fingerprint density at radius 2 is 1.52 bits per heavy atom. The SMILES string of the molecule is O=C1c2ccccc2C(=O)C1(Nc1ccccn1)c1c(O)[nH]c(=O)[nH]c1=O. The molecule has 1 aliphatic rings. The number of aromatic nitrogens is 3. The number of fused-ring (bicyclic) bond motifs is 1. The summed E-state index contributed by atoms with van der Waals surface area (Å²) >= 11 is 0. The van der Waals surface area contributed by atoms with Gasteiger partial charge in [-0.15, -0.1) is 0 Å². The Kier molecular flexibility index (Phi) is 3.51. The van der Waals surface area contributed by atoms with Crippen LogP contribution in [0.4, 0.5) is 5.82 Å². The van der Waals surface area contributed by atoms with Gasteiger partial charge in [0.25, 0.3) is 5.56 Å². The molecule has 1 aromatic carbocycles. The normalized spacial score (nSPS) is 14.8. The molecule has 4 N–H and O–H groups in total. The zero-order valence-electron chi connectivity index (χ0n) is 13.6. The minimum Gasteiger partial charge on any atom is -0.494 e. The monoisotopic (exact) mass is 364 g/mol. The molecule has 0 radical (unpaired) electrons. The van der Waals surface area contributed by atoms with Crippen LogP contribution >= 0.6 is 0 Å². The van der Waals surface area contributed by atoms with Gasteiger partial charge in [0, 0.05) is 17.3 Å². The molecule has 134 valence electrons. The van der Waals surface area contributed by atoms with Gasteiger partial charge in [-0.05, 0) is 12.1 Å². The highest BCUT2D eigenvalue weighted by molar-refractivity contribution is 6.34. The van der Waals surface area contributed by atoms with E-state index in [1.165, 1.54) is 24.4 Å². The molecule has 3 aromatic rings. The minimum absolute atomic E-state index is 0.0935. The number of benzene rings is 1. The molecule has 0 bridgehead atoms. The second-order valence-corrected chi connectivity index (χ2v) is 5.93. The lowest BCUT2D eigenvalue weighted by atomic mass is 9.85. The first kappa shape index (κ1) is 16.5. The van der Waals surface area contributed by atoms with Crippen molar-refractivity contribution in [1.82, 2.24) is 15.0 Å². The van der Waals surface area contributed by atoms with Gasteiger partial charge in [0.2, 0.25) is 23.0 Å². The summed E-state index contributed by atoms with van der Waals surface area (Å²) < 4.78 is 0. The molecule has 2 heterocycles. The van der Waals surface area contributed by atoms with E-state index in [1.54, 1.807) is 24.3 Å². The first-order chi connectivity index (χ1) is 12.9. The summed E-state index contributed by atoms with van der Waals surface area (Å²) in [7, 11) is 0. The van der Waals surface area contributed by atoms with Crippen LogP contribution in [-0.4, -0.2) is 31.6 Å². The van der Waals surface area contributed by atoms with Crippen molar-refractivity contribution in [2.75, 3.05) is 5.32 Å². The molecule has 0 saturated carbocycles. The number of rotatable bonds is 3. The largest absolute Gasteiger partial charge is 0.494 e. The van der Waals surface area contributed by atoms with Crippen LogP contribution in [0.2, 0.25) is 0 Å². The van der Waals surface area contributed by atoms with Crippen molar-refractivity contribution in [3.8, 4) is 5.88 Å². The summed E-state index contributed by atoms with van der Waals surface area (Å²) in [4.78, 5) is 58.4. The number of aromatic hydroxyl groups is 1. The molecular formula is C18H12N4O5. The van der Waals surface area contributed by atoms with Crippen molar-refractivity contribution in [3.05, 3.63) is 86.2 Å². The predicted octanol–water partition coefficient (Wildman–Crippen LogP) is 0.550. The molecule has 2 aromatic heterocycles. The Labute approximate surface area is 150 Å². The van der Waals surface area contributed by atoms with Crippen molar-refractivity contribution < 1.29 is 14.7 Å². The van der Waals surface area contributed by atoms with Gasteiger partial charge in [-0.1, -0.05) is 30.3 Å². The van der Waals surface area contributed by atoms with E-state index in [0.29, 0.717) is 0 Å². The predicted molar refractivity (Wildman–Crippen MR) is 94.0 cm³/mol. The molecule has 1 aliphatic carbocycles. The molecular weight excluding hydrogens is 352 g/mol. The van der Waals surface area contributed by atoms with E-state index < -0.39 is 39.8 Å². The van der Waals surface area contributed by atoms with Gasteiger partial charge >= 0.3 is 5.69 Å². The summed E-state index contributed by atoms with van der Waals surface area (Å²) in [5.41, 5.74) is -4.70. The molecule has 0 atom stereocenters. The summed E-state index contributed by atoms with van der Waals surface area (Å²) in [5, 5.41) is 13.0. The van der Waals surface area contributed by atoms with E-state index in [1.807, 2.05) is 9.97 Å². The quantitative estimate of drug-likeness (QED) is 0.497. The fourth-order valence-corrected chi connectivity index (χ4v) is 3.24. The molecule has 4 rings (SSSR count). The first-order valence-electron chi connectivity index (χ1n) is 7.89. The maximum atomic E-state index is 13.3. The molecule has 27 heavy (non-hydrogen) atoms. The number of carbonyl (C=O) groups is 2. The van der Waals surface area contributed by atoms with Gasteiger partial charge in [-0.25, -0.2) is 9.78 Å². The Morgan fingerprint density at radius 1 is 0.889 bits per heavy atom. The lowest BCUT2D eigenvalue weighted by Crippen LogP contribution is -2.50. The highest BCUT2D eigenvalue weighted by Gasteiger charge is 2.57. The van der Waals surface area contributed by atoms with Crippen LogP contribution < -0.4 is 16.6 Å². The van der Waals surface area contributed by atoms with Gasteiger partial charge in [0.05, 0.1) is 0 Å². The topological polar surface area (TPSA) is 145 Å². The summed E-state index contributed by atoms with van der Waals surface area (Å²) in [6, 6.07) is 10.8. The van der Waals surface area contributed by atoms with Gasteiger partial charge in [-0.2, -0.15) is 0 Å². The number of hydrogen-bond donors (Lipinski definition) is 4. The van der Waals surface area contributed by atoms with E-state index in [2.05, 4.69) is 10.3 Å². The fourth-order valence-electron chi connectivity index (χ4n) is 3.24. The Morgan fingerprint density at radius 3 is 2.07 bits per heavy atom. The van der Waals surface area contributed by atoms with E-state index in [9.17, 15) is 24.3 Å². The zero-order chi connectivity index (χ0) is 19.2. The number of ketones is 2. The van der Waals surface area contributed by atoms with Gasteiger partial charge < -0.3 is 10.4 Å². The Bertz CT molecular complexity index is 1160.